The summed E-state index contributed by atoms with van der Waals surface area (Å²) >= 11 is 6.04. The van der Waals surface area contributed by atoms with Gasteiger partial charge in [0.05, 0.1) is 0 Å². The lowest BCUT2D eigenvalue weighted by molar-refractivity contribution is -0.126. The molecule has 118 valence electrons. The average molecular weight is 327 g/mol. The number of benzene rings is 2. The van der Waals surface area contributed by atoms with Gasteiger partial charge in [-0.15, -0.1) is 0 Å². The van der Waals surface area contributed by atoms with Crippen molar-refractivity contribution in [1.82, 2.24) is 4.90 Å². The SMILES string of the molecule is O=C(/C=C\c1ccccc1)N1CCN(c2cccc(Cl)c2)CC1. The molecule has 0 atom stereocenters. The minimum Gasteiger partial charge on any atom is -0.368 e. The largest absolute Gasteiger partial charge is 0.368 e. The lowest BCUT2D eigenvalue weighted by atomic mass is 10.2. The Morgan fingerprint density at radius 1 is 0.957 bits per heavy atom. The molecule has 1 saturated heterocycles. The molecular formula is C19H19ClN2O. The second-order valence-electron chi connectivity index (χ2n) is 5.54. The Kier molecular flexibility index (Phi) is 4.99. The fourth-order valence-electron chi connectivity index (χ4n) is 2.69. The predicted octanol–water partition coefficient (Wildman–Crippen LogP) is 3.70. The third-order valence-electron chi connectivity index (χ3n) is 3.98. The summed E-state index contributed by atoms with van der Waals surface area (Å²) in [7, 11) is 0. The van der Waals surface area contributed by atoms with Gasteiger partial charge in [0, 0.05) is 43.0 Å². The quantitative estimate of drug-likeness (QED) is 0.803. The van der Waals surface area contributed by atoms with E-state index >= 15 is 0 Å². The van der Waals surface area contributed by atoms with Crippen LogP contribution >= 0.6 is 11.6 Å². The number of carbonyl (C=O) groups is 1. The molecule has 1 aliphatic heterocycles. The van der Waals surface area contributed by atoms with E-state index < -0.39 is 0 Å². The Bertz CT molecular complexity index is 692. The molecule has 1 heterocycles. The van der Waals surface area contributed by atoms with Gasteiger partial charge in [-0.05, 0) is 29.8 Å². The maximum atomic E-state index is 12.3. The van der Waals surface area contributed by atoms with Crippen LogP contribution in [0.15, 0.2) is 60.7 Å². The van der Waals surface area contributed by atoms with Crippen LogP contribution in [0.2, 0.25) is 5.02 Å². The van der Waals surface area contributed by atoms with Crippen molar-refractivity contribution in [2.24, 2.45) is 0 Å². The van der Waals surface area contributed by atoms with Gasteiger partial charge in [-0.1, -0.05) is 48.0 Å². The highest BCUT2D eigenvalue weighted by atomic mass is 35.5. The molecule has 1 fully saturated rings. The fraction of sp³-hybridized carbons (Fsp3) is 0.211. The molecule has 0 aromatic heterocycles. The number of nitrogens with zero attached hydrogens (tertiary/aromatic N) is 2. The number of amides is 1. The first-order chi connectivity index (χ1) is 11.2. The summed E-state index contributed by atoms with van der Waals surface area (Å²) in [5.41, 5.74) is 2.16. The van der Waals surface area contributed by atoms with Crippen LogP contribution in [-0.4, -0.2) is 37.0 Å². The van der Waals surface area contributed by atoms with E-state index in [1.807, 2.05) is 59.5 Å². The summed E-state index contributed by atoms with van der Waals surface area (Å²) in [5, 5.41) is 0.742. The first kappa shape index (κ1) is 15.6. The molecule has 0 unspecified atom stereocenters. The van der Waals surface area contributed by atoms with E-state index in [1.54, 1.807) is 6.08 Å². The van der Waals surface area contributed by atoms with Gasteiger partial charge < -0.3 is 9.80 Å². The number of rotatable bonds is 3. The van der Waals surface area contributed by atoms with Gasteiger partial charge in [0.15, 0.2) is 0 Å². The molecule has 3 rings (SSSR count). The lowest BCUT2D eigenvalue weighted by Gasteiger charge is -2.35. The van der Waals surface area contributed by atoms with Crippen molar-refractivity contribution in [3.8, 4) is 0 Å². The van der Waals surface area contributed by atoms with E-state index in [1.165, 1.54) is 0 Å². The third-order valence-corrected chi connectivity index (χ3v) is 4.22. The number of carbonyl (C=O) groups excluding carboxylic acids is 1. The number of hydrogen-bond acceptors (Lipinski definition) is 2. The van der Waals surface area contributed by atoms with Crippen molar-refractivity contribution < 1.29 is 4.79 Å². The predicted molar refractivity (Wildman–Crippen MR) is 95.7 cm³/mol. The van der Waals surface area contributed by atoms with Crippen LogP contribution in [-0.2, 0) is 4.79 Å². The zero-order valence-electron chi connectivity index (χ0n) is 12.9. The Balaban J connectivity index is 1.56. The molecule has 0 radical (unpaired) electrons. The normalized spacial score (nSPS) is 15.2. The van der Waals surface area contributed by atoms with E-state index in [0.29, 0.717) is 0 Å². The van der Waals surface area contributed by atoms with Crippen molar-refractivity contribution in [3.63, 3.8) is 0 Å². The first-order valence-corrected chi connectivity index (χ1v) is 8.13. The molecule has 0 aliphatic carbocycles. The molecule has 1 aliphatic rings. The second kappa shape index (κ2) is 7.34. The van der Waals surface area contributed by atoms with Gasteiger partial charge in [-0.2, -0.15) is 0 Å². The third kappa shape index (κ3) is 4.14. The molecule has 2 aromatic rings. The molecule has 0 N–H and O–H groups in total. The highest BCUT2D eigenvalue weighted by Crippen LogP contribution is 2.20. The van der Waals surface area contributed by atoms with Crippen LogP contribution in [0.1, 0.15) is 5.56 Å². The van der Waals surface area contributed by atoms with Crippen LogP contribution in [0.3, 0.4) is 0 Å². The Morgan fingerprint density at radius 2 is 1.70 bits per heavy atom. The molecule has 2 aromatic carbocycles. The van der Waals surface area contributed by atoms with Crippen molar-refractivity contribution in [2.45, 2.75) is 0 Å². The minimum atomic E-state index is 0.0691. The summed E-state index contributed by atoms with van der Waals surface area (Å²) in [4.78, 5) is 16.4. The second-order valence-corrected chi connectivity index (χ2v) is 5.97. The van der Waals surface area contributed by atoms with Gasteiger partial charge >= 0.3 is 0 Å². The molecule has 3 nitrogen and oxygen atoms in total. The van der Waals surface area contributed by atoms with Crippen LogP contribution in [0.4, 0.5) is 5.69 Å². The van der Waals surface area contributed by atoms with Gasteiger partial charge in [-0.25, -0.2) is 0 Å². The number of piperazine rings is 1. The molecular weight excluding hydrogens is 308 g/mol. The zero-order chi connectivity index (χ0) is 16.1. The number of anilines is 1. The van der Waals surface area contributed by atoms with E-state index in [0.717, 1.165) is 42.5 Å². The Hall–Kier alpha value is -2.26. The summed E-state index contributed by atoms with van der Waals surface area (Å²) in [5.74, 6) is 0.0691. The van der Waals surface area contributed by atoms with E-state index in [2.05, 4.69) is 11.0 Å². The first-order valence-electron chi connectivity index (χ1n) is 7.75. The average Bonchev–Trinajstić information content (AvgIpc) is 2.61. The van der Waals surface area contributed by atoms with E-state index in [9.17, 15) is 4.79 Å². The number of hydrogen-bond donors (Lipinski definition) is 0. The van der Waals surface area contributed by atoms with Crippen molar-refractivity contribution in [2.75, 3.05) is 31.1 Å². The molecule has 0 bridgehead atoms. The topological polar surface area (TPSA) is 23.6 Å². The summed E-state index contributed by atoms with van der Waals surface area (Å²) < 4.78 is 0. The summed E-state index contributed by atoms with van der Waals surface area (Å²) in [6.45, 7) is 3.10. The molecule has 0 saturated carbocycles. The smallest absolute Gasteiger partial charge is 0.246 e. The van der Waals surface area contributed by atoms with Gasteiger partial charge in [0.1, 0.15) is 0 Å². The highest BCUT2D eigenvalue weighted by Gasteiger charge is 2.19. The lowest BCUT2D eigenvalue weighted by Crippen LogP contribution is -2.48. The van der Waals surface area contributed by atoms with Gasteiger partial charge in [0.25, 0.3) is 0 Å². The fourth-order valence-corrected chi connectivity index (χ4v) is 2.88. The van der Waals surface area contributed by atoms with Gasteiger partial charge in [-0.3, -0.25) is 4.79 Å². The molecule has 23 heavy (non-hydrogen) atoms. The van der Waals surface area contributed by atoms with Crippen molar-refractivity contribution >= 4 is 29.3 Å². The monoisotopic (exact) mass is 326 g/mol. The summed E-state index contributed by atoms with van der Waals surface area (Å²) in [6.07, 6.45) is 3.52. The van der Waals surface area contributed by atoms with E-state index in [4.69, 9.17) is 11.6 Å². The molecule has 4 heteroatoms. The standard InChI is InChI=1S/C19H19ClN2O/c20-17-7-4-8-18(15-17)21-11-13-22(14-12-21)19(23)10-9-16-5-2-1-3-6-16/h1-10,15H,11-14H2/b10-9-. The molecule has 0 spiro atoms. The van der Waals surface area contributed by atoms with Crippen LogP contribution in [0, 0.1) is 0 Å². The van der Waals surface area contributed by atoms with Gasteiger partial charge in [0.2, 0.25) is 5.91 Å². The zero-order valence-corrected chi connectivity index (χ0v) is 13.6. The van der Waals surface area contributed by atoms with Crippen molar-refractivity contribution in [3.05, 3.63) is 71.3 Å². The highest BCUT2D eigenvalue weighted by molar-refractivity contribution is 6.30. The van der Waals surface area contributed by atoms with Crippen LogP contribution < -0.4 is 4.90 Å². The van der Waals surface area contributed by atoms with Crippen LogP contribution in [0.5, 0.6) is 0 Å². The molecule has 1 amide bonds. The number of halogens is 1. The Labute approximate surface area is 141 Å². The Morgan fingerprint density at radius 3 is 2.39 bits per heavy atom. The minimum absolute atomic E-state index is 0.0691. The summed E-state index contributed by atoms with van der Waals surface area (Å²) in [6, 6.07) is 17.7. The van der Waals surface area contributed by atoms with Crippen LogP contribution in [0.25, 0.3) is 6.08 Å². The maximum absolute atomic E-state index is 12.3. The van der Waals surface area contributed by atoms with Crippen molar-refractivity contribution in [1.29, 1.82) is 0 Å². The maximum Gasteiger partial charge on any atom is 0.246 e. The van der Waals surface area contributed by atoms with E-state index in [-0.39, 0.29) is 5.91 Å².